The molecule has 0 heterocycles. The van der Waals surface area contributed by atoms with E-state index in [1.807, 2.05) is 55.5 Å². The van der Waals surface area contributed by atoms with Crippen LogP contribution in [-0.4, -0.2) is 12.7 Å². The molecule has 2 aromatic rings. The van der Waals surface area contributed by atoms with E-state index in [1.165, 1.54) is 0 Å². The topological polar surface area (TPSA) is 46.2 Å². The predicted molar refractivity (Wildman–Crippen MR) is 79.3 cm³/mol. The van der Waals surface area contributed by atoms with Gasteiger partial charge in [-0.15, -0.1) is 0 Å². The number of carbonyl (C=O) groups is 2. The monoisotopic (exact) mass is 267 g/mol. The zero-order chi connectivity index (χ0) is 14.4. The molecule has 0 aliphatic rings. The van der Waals surface area contributed by atoms with E-state index >= 15 is 0 Å². The van der Waals surface area contributed by atoms with Crippen LogP contribution in [0, 0.1) is 0 Å². The molecule has 0 fully saturated rings. The van der Waals surface area contributed by atoms with Crippen molar-refractivity contribution in [2.75, 3.05) is 0 Å². The van der Waals surface area contributed by atoms with Crippen molar-refractivity contribution >= 4 is 12.7 Å². The Hall–Kier alpha value is -2.42. The Morgan fingerprint density at radius 2 is 1.50 bits per heavy atom. The molecule has 0 bridgehead atoms. The van der Waals surface area contributed by atoms with Crippen molar-refractivity contribution in [3.8, 4) is 11.1 Å². The number of benzene rings is 2. The highest BCUT2D eigenvalue weighted by atomic mass is 16.1. The minimum Gasteiger partial charge on any atom is -0.355 e. The van der Waals surface area contributed by atoms with Crippen LogP contribution in [0.25, 0.3) is 11.1 Å². The van der Waals surface area contributed by atoms with Crippen molar-refractivity contribution in [1.82, 2.24) is 5.32 Å². The molecule has 3 heteroatoms. The SMILES string of the molecule is CC(C=O)c1ccc(-c2ccc(CNC=O)cc2)cc1. The third-order valence-electron chi connectivity index (χ3n) is 3.32. The summed E-state index contributed by atoms with van der Waals surface area (Å²) in [6.45, 7) is 2.43. The van der Waals surface area contributed by atoms with Gasteiger partial charge in [0.25, 0.3) is 0 Å². The van der Waals surface area contributed by atoms with Gasteiger partial charge in [-0.1, -0.05) is 55.5 Å². The number of aldehydes is 1. The van der Waals surface area contributed by atoms with Gasteiger partial charge in [-0.25, -0.2) is 0 Å². The van der Waals surface area contributed by atoms with Gasteiger partial charge < -0.3 is 10.1 Å². The van der Waals surface area contributed by atoms with Gasteiger partial charge in [0.05, 0.1) is 0 Å². The fourth-order valence-electron chi connectivity index (χ4n) is 2.03. The van der Waals surface area contributed by atoms with Crippen molar-refractivity contribution in [2.24, 2.45) is 0 Å². The van der Waals surface area contributed by atoms with Crippen LogP contribution in [0.1, 0.15) is 24.0 Å². The van der Waals surface area contributed by atoms with E-state index in [9.17, 15) is 9.59 Å². The van der Waals surface area contributed by atoms with Gasteiger partial charge in [0.1, 0.15) is 6.29 Å². The minimum absolute atomic E-state index is 0.0687. The maximum Gasteiger partial charge on any atom is 0.207 e. The second-order valence-electron chi connectivity index (χ2n) is 4.74. The highest BCUT2D eigenvalue weighted by Gasteiger charge is 2.04. The van der Waals surface area contributed by atoms with Crippen LogP contribution in [0.15, 0.2) is 48.5 Å². The Morgan fingerprint density at radius 3 is 2.00 bits per heavy atom. The maximum atomic E-state index is 10.8. The van der Waals surface area contributed by atoms with Crippen LogP contribution in [-0.2, 0) is 16.1 Å². The van der Waals surface area contributed by atoms with Crippen molar-refractivity contribution in [3.63, 3.8) is 0 Å². The molecule has 1 amide bonds. The summed E-state index contributed by atoms with van der Waals surface area (Å²) in [7, 11) is 0. The zero-order valence-corrected chi connectivity index (χ0v) is 11.4. The summed E-state index contributed by atoms with van der Waals surface area (Å²) < 4.78 is 0. The van der Waals surface area contributed by atoms with Crippen LogP contribution < -0.4 is 5.32 Å². The van der Waals surface area contributed by atoms with Crippen molar-refractivity contribution < 1.29 is 9.59 Å². The first-order valence-electron chi connectivity index (χ1n) is 6.56. The third-order valence-corrected chi connectivity index (χ3v) is 3.32. The molecule has 0 saturated heterocycles. The molecule has 2 aromatic carbocycles. The molecule has 0 aliphatic heterocycles. The van der Waals surface area contributed by atoms with Gasteiger partial charge >= 0.3 is 0 Å². The fraction of sp³-hybridized carbons (Fsp3) is 0.176. The fourth-order valence-corrected chi connectivity index (χ4v) is 2.03. The number of hydrogen-bond donors (Lipinski definition) is 1. The summed E-state index contributed by atoms with van der Waals surface area (Å²) >= 11 is 0. The lowest BCUT2D eigenvalue weighted by atomic mass is 9.98. The summed E-state index contributed by atoms with van der Waals surface area (Å²) in [5.41, 5.74) is 4.31. The lowest BCUT2D eigenvalue weighted by molar-refractivity contribution is -0.110. The molecule has 1 unspecified atom stereocenters. The third kappa shape index (κ3) is 3.32. The van der Waals surface area contributed by atoms with Crippen molar-refractivity contribution in [2.45, 2.75) is 19.4 Å². The summed E-state index contributed by atoms with van der Waals surface area (Å²) in [6.07, 6.45) is 1.64. The number of amides is 1. The van der Waals surface area contributed by atoms with E-state index in [0.29, 0.717) is 13.0 Å². The average Bonchev–Trinajstić information content (AvgIpc) is 2.53. The molecule has 2 rings (SSSR count). The first-order valence-corrected chi connectivity index (χ1v) is 6.56. The molecular weight excluding hydrogens is 250 g/mol. The van der Waals surface area contributed by atoms with Crippen LogP contribution in [0.3, 0.4) is 0 Å². The van der Waals surface area contributed by atoms with E-state index in [0.717, 1.165) is 28.5 Å². The normalized spacial score (nSPS) is 11.7. The molecule has 0 spiro atoms. The minimum atomic E-state index is -0.0687. The molecule has 1 N–H and O–H groups in total. The molecule has 3 nitrogen and oxygen atoms in total. The summed E-state index contributed by atoms with van der Waals surface area (Å²) in [5, 5.41) is 2.64. The van der Waals surface area contributed by atoms with Crippen molar-refractivity contribution in [1.29, 1.82) is 0 Å². The molecule has 0 radical (unpaired) electrons. The second kappa shape index (κ2) is 6.66. The van der Waals surface area contributed by atoms with E-state index in [-0.39, 0.29) is 5.92 Å². The second-order valence-corrected chi connectivity index (χ2v) is 4.74. The Kier molecular flexibility index (Phi) is 4.66. The quantitative estimate of drug-likeness (QED) is 0.818. The Balaban J connectivity index is 2.15. The highest BCUT2D eigenvalue weighted by molar-refractivity contribution is 5.66. The number of hydrogen-bond acceptors (Lipinski definition) is 2. The van der Waals surface area contributed by atoms with Crippen LogP contribution in [0.5, 0.6) is 0 Å². The summed E-state index contributed by atoms with van der Waals surface area (Å²) in [5.74, 6) is -0.0687. The van der Waals surface area contributed by atoms with Crippen molar-refractivity contribution in [3.05, 3.63) is 59.7 Å². The smallest absolute Gasteiger partial charge is 0.207 e. The molecule has 0 saturated carbocycles. The largest absolute Gasteiger partial charge is 0.355 e. The van der Waals surface area contributed by atoms with Gasteiger partial charge in [0, 0.05) is 12.5 Å². The van der Waals surface area contributed by atoms with E-state index in [1.54, 1.807) is 0 Å². The molecule has 1 atom stereocenters. The number of rotatable bonds is 6. The van der Waals surface area contributed by atoms with Gasteiger partial charge in [-0.3, -0.25) is 4.79 Å². The lowest BCUT2D eigenvalue weighted by Crippen LogP contribution is -2.09. The summed E-state index contributed by atoms with van der Waals surface area (Å²) in [4.78, 5) is 21.0. The maximum absolute atomic E-state index is 10.8. The van der Waals surface area contributed by atoms with Gasteiger partial charge in [0.15, 0.2) is 0 Å². The predicted octanol–water partition coefficient (Wildman–Crippen LogP) is 2.90. The van der Waals surface area contributed by atoms with Gasteiger partial charge in [-0.05, 0) is 22.3 Å². The van der Waals surface area contributed by atoms with E-state index in [2.05, 4.69) is 5.32 Å². The first-order chi connectivity index (χ1) is 9.74. The van der Waals surface area contributed by atoms with Crippen LogP contribution >= 0.6 is 0 Å². The first kappa shape index (κ1) is 14.0. The molecule has 20 heavy (non-hydrogen) atoms. The Bertz CT molecular complexity index is 573. The highest BCUT2D eigenvalue weighted by Crippen LogP contribution is 2.22. The molecule has 0 aliphatic carbocycles. The average molecular weight is 267 g/mol. The van der Waals surface area contributed by atoms with Crippen LogP contribution in [0.2, 0.25) is 0 Å². The Morgan fingerprint density at radius 1 is 0.950 bits per heavy atom. The van der Waals surface area contributed by atoms with E-state index in [4.69, 9.17) is 0 Å². The molecule has 0 aromatic heterocycles. The molecule has 102 valence electrons. The number of nitrogens with one attached hydrogen (secondary N) is 1. The number of carbonyl (C=O) groups excluding carboxylic acids is 2. The Labute approximate surface area is 118 Å². The standard InChI is InChI=1S/C17H17NO2/c1-13(11-19)15-6-8-17(9-7-15)16-4-2-14(3-5-16)10-18-12-20/h2-9,11-13H,10H2,1H3,(H,18,20). The summed E-state index contributed by atoms with van der Waals surface area (Å²) in [6, 6.07) is 16.1. The lowest BCUT2D eigenvalue weighted by Gasteiger charge is -2.07. The van der Waals surface area contributed by atoms with Gasteiger partial charge in [0.2, 0.25) is 6.41 Å². The zero-order valence-electron chi connectivity index (χ0n) is 11.4. The van der Waals surface area contributed by atoms with Gasteiger partial charge in [-0.2, -0.15) is 0 Å². The molecular formula is C17H17NO2. The van der Waals surface area contributed by atoms with E-state index < -0.39 is 0 Å². The van der Waals surface area contributed by atoms with Crippen LogP contribution in [0.4, 0.5) is 0 Å².